The minimum atomic E-state index is 0. The molecule has 0 heterocycles. The first-order valence-corrected chi connectivity index (χ1v) is 2.62. The monoisotopic (exact) mass is 188 g/mol. The third-order valence-electron chi connectivity index (χ3n) is 0.824. The zero-order chi connectivity index (χ0) is 5.70. The van der Waals surface area contributed by atoms with Gasteiger partial charge in [-0.3, -0.25) is 6.29 Å². The molecule has 45 valence electrons. The van der Waals surface area contributed by atoms with Gasteiger partial charge in [0.2, 0.25) is 0 Å². The molecule has 0 aliphatic carbocycles. The molecule has 0 aliphatic rings. The van der Waals surface area contributed by atoms with E-state index >= 15 is 0 Å². The second-order valence-corrected chi connectivity index (χ2v) is 2.08. The largest absolute Gasteiger partial charge is 0.542 e. The van der Waals surface area contributed by atoms with Gasteiger partial charge in [0.15, 0.2) is 0 Å². The molecule has 2 heteroatoms. The standard InChI is InChI=1S/C6H11O.Y/c1-6(2)4-3-5-7;/h6H,3-4H2,1-2H3;/q-1;. The van der Waals surface area contributed by atoms with Crippen LogP contribution in [-0.4, -0.2) is 6.29 Å². The van der Waals surface area contributed by atoms with E-state index in [1.54, 1.807) is 0 Å². The molecule has 0 rings (SSSR count). The molecular weight excluding hydrogens is 177 g/mol. The van der Waals surface area contributed by atoms with Crippen LogP contribution in [0.15, 0.2) is 0 Å². The van der Waals surface area contributed by atoms with E-state index in [1.165, 1.54) is 0 Å². The number of carbonyl (C=O) groups excluding carboxylic acids is 1. The Hall–Kier alpha value is 0.774. The van der Waals surface area contributed by atoms with Gasteiger partial charge >= 0.3 is 0 Å². The van der Waals surface area contributed by atoms with Crippen molar-refractivity contribution in [2.75, 3.05) is 0 Å². The maximum Gasteiger partial charge on any atom is 0 e. The van der Waals surface area contributed by atoms with Crippen LogP contribution in [0.25, 0.3) is 0 Å². The molecular formula is C6H11OY-. The molecule has 0 unspecified atom stereocenters. The van der Waals surface area contributed by atoms with Crippen LogP contribution in [0.3, 0.4) is 0 Å². The predicted molar refractivity (Wildman–Crippen MR) is 29.8 cm³/mol. The first-order valence-electron chi connectivity index (χ1n) is 2.62. The van der Waals surface area contributed by atoms with Gasteiger partial charge in [0.25, 0.3) is 0 Å². The van der Waals surface area contributed by atoms with Crippen molar-refractivity contribution in [2.45, 2.75) is 26.7 Å². The number of hydrogen-bond donors (Lipinski definition) is 0. The molecule has 0 aromatic heterocycles. The first kappa shape index (κ1) is 11.6. The van der Waals surface area contributed by atoms with E-state index in [4.69, 9.17) is 0 Å². The minimum Gasteiger partial charge on any atom is -0.542 e. The quantitative estimate of drug-likeness (QED) is 0.613. The zero-order valence-corrected chi connectivity index (χ0v) is 8.32. The Balaban J connectivity index is 0. The Morgan fingerprint density at radius 3 is 2.12 bits per heavy atom. The summed E-state index contributed by atoms with van der Waals surface area (Å²) in [6.45, 7) is 4.19. The second kappa shape index (κ2) is 7.77. The van der Waals surface area contributed by atoms with Gasteiger partial charge in [-0.05, 0) is 5.92 Å². The average molecular weight is 188 g/mol. The van der Waals surface area contributed by atoms with E-state index < -0.39 is 0 Å². The zero-order valence-electron chi connectivity index (χ0n) is 5.48. The van der Waals surface area contributed by atoms with Crippen LogP contribution in [0.1, 0.15) is 26.7 Å². The van der Waals surface area contributed by atoms with Crippen molar-refractivity contribution in [2.24, 2.45) is 5.92 Å². The van der Waals surface area contributed by atoms with Crippen LogP contribution >= 0.6 is 0 Å². The fourth-order valence-corrected chi connectivity index (χ4v) is 0.348. The van der Waals surface area contributed by atoms with E-state index in [2.05, 4.69) is 13.8 Å². The van der Waals surface area contributed by atoms with E-state index in [0.29, 0.717) is 12.3 Å². The molecule has 0 atom stereocenters. The molecule has 0 aromatic carbocycles. The van der Waals surface area contributed by atoms with E-state index in [1.807, 2.05) is 6.29 Å². The van der Waals surface area contributed by atoms with Gasteiger partial charge in [-0.15, -0.1) is 0 Å². The smallest absolute Gasteiger partial charge is 0 e. The first-order chi connectivity index (χ1) is 3.27. The number of hydrogen-bond acceptors (Lipinski definition) is 1. The van der Waals surface area contributed by atoms with E-state index in [9.17, 15) is 4.79 Å². The van der Waals surface area contributed by atoms with Gasteiger partial charge in [0.05, 0.1) is 0 Å². The summed E-state index contributed by atoms with van der Waals surface area (Å²) in [5.74, 6) is 0.640. The van der Waals surface area contributed by atoms with Crippen molar-refractivity contribution < 1.29 is 37.5 Å². The Morgan fingerprint density at radius 1 is 1.50 bits per heavy atom. The van der Waals surface area contributed by atoms with Gasteiger partial charge in [-0.2, -0.15) is 6.42 Å². The molecule has 1 radical (unpaired) electrons. The fraction of sp³-hybridized carbons (Fsp3) is 0.833. The van der Waals surface area contributed by atoms with Gasteiger partial charge in [0, 0.05) is 32.7 Å². The van der Waals surface area contributed by atoms with Crippen LogP contribution in [-0.2, 0) is 37.5 Å². The maximum atomic E-state index is 9.58. The fourth-order valence-electron chi connectivity index (χ4n) is 0.348. The Morgan fingerprint density at radius 2 is 2.00 bits per heavy atom. The molecule has 0 saturated heterocycles. The minimum absolute atomic E-state index is 0. The van der Waals surface area contributed by atoms with Crippen LogP contribution < -0.4 is 0 Å². The molecule has 0 saturated carbocycles. The van der Waals surface area contributed by atoms with Crippen LogP contribution in [0, 0.1) is 5.92 Å². The summed E-state index contributed by atoms with van der Waals surface area (Å²) < 4.78 is 0. The molecule has 0 amide bonds. The molecule has 0 spiro atoms. The molecule has 0 aliphatic heterocycles. The maximum absolute atomic E-state index is 9.58. The molecule has 1 nitrogen and oxygen atoms in total. The van der Waals surface area contributed by atoms with Gasteiger partial charge in [-0.1, -0.05) is 20.3 Å². The van der Waals surface area contributed by atoms with Gasteiger partial charge in [-0.25, -0.2) is 0 Å². The molecule has 0 fully saturated rings. The van der Waals surface area contributed by atoms with Crippen LogP contribution in [0.5, 0.6) is 0 Å². The summed E-state index contributed by atoms with van der Waals surface area (Å²) in [5, 5.41) is 0. The Bertz CT molecular complexity index is 52.5. The molecule has 8 heavy (non-hydrogen) atoms. The van der Waals surface area contributed by atoms with Crippen LogP contribution in [0.4, 0.5) is 0 Å². The summed E-state index contributed by atoms with van der Waals surface area (Å²) in [7, 11) is 0. The topological polar surface area (TPSA) is 17.1 Å². The normalized spacial score (nSPS) is 8.38. The molecule has 0 N–H and O–H groups in total. The van der Waals surface area contributed by atoms with Crippen molar-refractivity contribution in [1.82, 2.24) is 0 Å². The summed E-state index contributed by atoms with van der Waals surface area (Å²) in [4.78, 5) is 9.58. The van der Waals surface area contributed by atoms with E-state index in [0.717, 1.165) is 6.42 Å². The van der Waals surface area contributed by atoms with Gasteiger partial charge in [0.1, 0.15) is 0 Å². The van der Waals surface area contributed by atoms with Crippen molar-refractivity contribution in [3.05, 3.63) is 0 Å². The third kappa shape index (κ3) is 9.91. The molecule has 0 bridgehead atoms. The Kier molecular flexibility index (Phi) is 11.2. The van der Waals surface area contributed by atoms with Crippen molar-refractivity contribution in [1.29, 1.82) is 0 Å². The second-order valence-electron chi connectivity index (χ2n) is 2.08. The van der Waals surface area contributed by atoms with Crippen molar-refractivity contribution in [3.63, 3.8) is 0 Å². The average Bonchev–Trinajstić information content (AvgIpc) is 1.61. The molecule has 0 aromatic rings. The SMILES string of the molecule is CC(C)CC[C-]=O.[Y]. The summed E-state index contributed by atoms with van der Waals surface area (Å²) >= 11 is 0. The Labute approximate surface area is 76.1 Å². The van der Waals surface area contributed by atoms with Crippen molar-refractivity contribution >= 4 is 6.29 Å². The summed E-state index contributed by atoms with van der Waals surface area (Å²) in [6.07, 6.45) is 3.42. The summed E-state index contributed by atoms with van der Waals surface area (Å²) in [5.41, 5.74) is 0. The summed E-state index contributed by atoms with van der Waals surface area (Å²) in [6, 6.07) is 0. The van der Waals surface area contributed by atoms with Crippen molar-refractivity contribution in [3.8, 4) is 0 Å². The van der Waals surface area contributed by atoms with E-state index in [-0.39, 0.29) is 32.7 Å². The van der Waals surface area contributed by atoms with Crippen LogP contribution in [0.2, 0.25) is 0 Å². The predicted octanol–water partition coefficient (Wildman–Crippen LogP) is 1.53. The van der Waals surface area contributed by atoms with Gasteiger partial charge < -0.3 is 4.79 Å². The third-order valence-corrected chi connectivity index (χ3v) is 0.824. The number of rotatable bonds is 3.